The molecule has 178 valence electrons. The summed E-state index contributed by atoms with van der Waals surface area (Å²) in [5, 5.41) is 18.0. The molecule has 1 aromatic carbocycles. The Morgan fingerprint density at radius 2 is 1.73 bits per heavy atom. The molecular formula is C20H23F3N6O4. The first kappa shape index (κ1) is 25.2. The third-order valence-corrected chi connectivity index (χ3v) is 4.31. The molecule has 3 rings (SSSR count). The van der Waals surface area contributed by atoms with Crippen LogP contribution < -0.4 is 20.1 Å². The van der Waals surface area contributed by atoms with Gasteiger partial charge in [0.2, 0.25) is 5.95 Å². The third kappa shape index (κ3) is 6.72. The van der Waals surface area contributed by atoms with E-state index in [1.807, 2.05) is 45.2 Å². The molecule has 0 amide bonds. The van der Waals surface area contributed by atoms with Crippen LogP contribution in [0.4, 0.5) is 36.4 Å². The number of carbonyl (C=O) groups is 1. The van der Waals surface area contributed by atoms with Crippen LogP contribution in [0.15, 0.2) is 30.5 Å². The van der Waals surface area contributed by atoms with E-state index in [4.69, 9.17) is 19.4 Å². The number of benzene rings is 1. The van der Waals surface area contributed by atoms with Gasteiger partial charge in [-0.3, -0.25) is 4.68 Å². The van der Waals surface area contributed by atoms with Gasteiger partial charge in [-0.15, -0.1) is 0 Å². The van der Waals surface area contributed by atoms with Crippen LogP contribution in [0, 0.1) is 13.8 Å². The number of carboxylic acid groups (broad SMARTS) is 1. The Kier molecular flexibility index (Phi) is 8.05. The number of hydrogen-bond acceptors (Lipinski definition) is 8. The predicted molar refractivity (Wildman–Crippen MR) is 115 cm³/mol. The first-order chi connectivity index (χ1) is 15.5. The van der Waals surface area contributed by atoms with Crippen LogP contribution in [-0.2, 0) is 11.8 Å². The highest BCUT2D eigenvalue weighted by molar-refractivity contribution is 5.73. The van der Waals surface area contributed by atoms with Crippen molar-refractivity contribution in [3.63, 3.8) is 0 Å². The van der Waals surface area contributed by atoms with Gasteiger partial charge >= 0.3 is 12.1 Å². The summed E-state index contributed by atoms with van der Waals surface area (Å²) in [5.41, 5.74) is 2.86. The Morgan fingerprint density at radius 3 is 2.24 bits per heavy atom. The minimum atomic E-state index is -5.08. The minimum absolute atomic E-state index is 0.471. The standard InChI is InChI=1S/C18H22N6O2.C2HF3O2/c1-11-12(2)23-24(3)17(11)21-16-8-9-19-18(22-16)20-13-6-7-14(25-4)15(10-13)26-5;3-2(4,5)1(6)7/h6-10H,1-5H3,(H2,19,20,21,22);(H,6,7). The Bertz CT molecular complexity index is 1120. The van der Waals surface area contributed by atoms with E-state index in [1.54, 1.807) is 25.1 Å². The quantitative estimate of drug-likeness (QED) is 0.493. The second kappa shape index (κ2) is 10.5. The lowest BCUT2D eigenvalue weighted by atomic mass is 10.2. The van der Waals surface area contributed by atoms with Crippen LogP contribution in [0.25, 0.3) is 0 Å². The van der Waals surface area contributed by atoms with Crippen molar-refractivity contribution in [3.05, 3.63) is 41.7 Å². The number of nitrogens with one attached hydrogen (secondary N) is 2. The van der Waals surface area contributed by atoms with Gasteiger partial charge < -0.3 is 25.2 Å². The van der Waals surface area contributed by atoms with Gasteiger partial charge in [0.1, 0.15) is 11.6 Å². The molecule has 0 saturated heterocycles. The molecule has 0 aliphatic rings. The maximum Gasteiger partial charge on any atom is 0.490 e. The lowest BCUT2D eigenvalue weighted by Crippen LogP contribution is -2.21. The summed E-state index contributed by atoms with van der Waals surface area (Å²) < 4.78 is 44.1. The molecule has 0 atom stereocenters. The van der Waals surface area contributed by atoms with Gasteiger partial charge in [-0.1, -0.05) is 0 Å². The topological polar surface area (TPSA) is 123 Å². The average Bonchev–Trinajstić information content (AvgIpc) is 2.99. The summed E-state index contributed by atoms with van der Waals surface area (Å²) in [5.74, 6) is 0.586. The number of ether oxygens (including phenoxy) is 2. The monoisotopic (exact) mass is 468 g/mol. The van der Waals surface area contributed by atoms with Crippen LogP contribution in [0.2, 0.25) is 0 Å². The molecule has 2 heterocycles. The Hall–Kier alpha value is -4.03. The largest absolute Gasteiger partial charge is 0.493 e. The summed E-state index contributed by atoms with van der Waals surface area (Å²) in [6, 6.07) is 7.34. The third-order valence-electron chi connectivity index (χ3n) is 4.31. The maximum absolute atomic E-state index is 10.6. The predicted octanol–water partition coefficient (Wildman–Crippen LogP) is 3.96. The van der Waals surface area contributed by atoms with Crippen molar-refractivity contribution >= 4 is 29.2 Å². The van der Waals surface area contributed by atoms with E-state index in [0.29, 0.717) is 23.3 Å². The van der Waals surface area contributed by atoms with E-state index in [0.717, 1.165) is 22.8 Å². The number of aromatic nitrogens is 4. The molecule has 0 saturated carbocycles. The zero-order valence-corrected chi connectivity index (χ0v) is 18.5. The van der Waals surface area contributed by atoms with Gasteiger partial charge in [0.25, 0.3) is 0 Å². The first-order valence-electron chi connectivity index (χ1n) is 9.35. The summed E-state index contributed by atoms with van der Waals surface area (Å²) >= 11 is 0. The number of carboxylic acids is 1. The smallest absolute Gasteiger partial charge is 0.490 e. The molecule has 10 nitrogen and oxygen atoms in total. The average molecular weight is 468 g/mol. The van der Waals surface area contributed by atoms with Crippen molar-refractivity contribution in [2.75, 3.05) is 24.9 Å². The summed E-state index contributed by atoms with van der Waals surface area (Å²) in [7, 11) is 5.10. The Morgan fingerprint density at radius 1 is 1.09 bits per heavy atom. The van der Waals surface area contributed by atoms with Crippen molar-refractivity contribution in [1.29, 1.82) is 0 Å². The molecule has 0 fully saturated rings. The molecule has 13 heteroatoms. The van der Waals surface area contributed by atoms with E-state index in [1.165, 1.54) is 0 Å². The van der Waals surface area contributed by atoms with Crippen molar-refractivity contribution < 1.29 is 32.5 Å². The summed E-state index contributed by atoms with van der Waals surface area (Å²) in [6.07, 6.45) is -3.39. The van der Waals surface area contributed by atoms with Crippen LogP contribution in [-0.4, -0.2) is 51.2 Å². The number of halogens is 3. The van der Waals surface area contributed by atoms with Crippen molar-refractivity contribution in [2.45, 2.75) is 20.0 Å². The normalized spacial score (nSPS) is 10.7. The lowest BCUT2D eigenvalue weighted by molar-refractivity contribution is -0.192. The highest BCUT2D eigenvalue weighted by atomic mass is 19.4. The number of methoxy groups -OCH3 is 2. The zero-order chi connectivity index (χ0) is 24.8. The van der Waals surface area contributed by atoms with Crippen molar-refractivity contribution in [3.8, 4) is 11.5 Å². The number of alkyl halides is 3. The van der Waals surface area contributed by atoms with Gasteiger partial charge in [-0.2, -0.15) is 23.3 Å². The number of rotatable bonds is 6. The van der Waals surface area contributed by atoms with E-state index in [2.05, 4.69) is 25.7 Å². The minimum Gasteiger partial charge on any atom is -0.493 e. The highest BCUT2D eigenvalue weighted by Gasteiger charge is 2.38. The van der Waals surface area contributed by atoms with Gasteiger partial charge in [0, 0.05) is 30.6 Å². The number of anilines is 4. The second-order valence-electron chi connectivity index (χ2n) is 6.57. The fourth-order valence-electron chi connectivity index (χ4n) is 2.59. The molecule has 3 N–H and O–H groups in total. The van der Waals surface area contributed by atoms with Crippen LogP contribution in [0.3, 0.4) is 0 Å². The summed E-state index contributed by atoms with van der Waals surface area (Å²) in [4.78, 5) is 17.7. The van der Waals surface area contributed by atoms with E-state index in [-0.39, 0.29) is 0 Å². The number of nitrogens with zero attached hydrogens (tertiary/aromatic N) is 4. The van der Waals surface area contributed by atoms with Crippen molar-refractivity contribution in [2.24, 2.45) is 7.05 Å². The van der Waals surface area contributed by atoms with Crippen LogP contribution >= 0.6 is 0 Å². The fraction of sp³-hybridized carbons (Fsp3) is 0.300. The highest BCUT2D eigenvalue weighted by Crippen LogP contribution is 2.30. The maximum atomic E-state index is 10.6. The molecular weight excluding hydrogens is 445 g/mol. The van der Waals surface area contributed by atoms with Crippen LogP contribution in [0.1, 0.15) is 11.3 Å². The van der Waals surface area contributed by atoms with Gasteiger partial charge in [-0.05, 0) is 32.0 Å². The first-order valence-corrected chi connectivity index (χ1v) is 9.35. The molecule has 3 aromatic rings. The van der Waals surface area contributed by atoms with Gasteiger partial charge in [0.15, 0.2) is 11.5 Å². The van der Waals surface area contributed by atoms with Gasteiger partial charge in [-0.25, -0.2) is 9.78 Å². The number of hydrogen-bond donors (Lipinski definition) is 3. The Labute approximate surface area is 187 Å². The molecule has 0 spiro atoms. The molecule has 33 heavy (non-hydrogen) atoms. The van der Waals surface area contributed by atoms with E-state index in [9.17, 15) is 13.2 Å². The van der Waals surface area contributed by atoms with E-state index >= 15 is 0 Å². The molecule has 0 radical (unpaired) electrons. The molecule has 2 aromatic heterocycles. The molecule has 0 aliphatic carbocycles. The zero-order valence-electron chi connectivity index (χ0n) is 18.5. The molecule has 0 unspecified atom stereocenters. The summed E-state index contributed by atoms with van der Waals surface area (Å²) in [6.45, 7) is 4.00. The molecule has 0 aliphatic heterocycles. The fourth-order valence-corrected chi connectivity index (χ4v) is 2.59. The van der Waals surface area contributed by atoms with Gasteiger partial charge in [0.05, 0.1) is 19.9 Å². The van der Waals surface area contributed by atoms with E-state index < -0.39 is 12.1 Å². The Balaban J connectivity index is 0.000000479. The second-order valence-corrected chi connectivity index (χ2v) is 6.57. The van der Waals surface area contributed by atoms with Crippen LogP contribution in [0.5, 0.6) is 11.5 Å². The number of aliphatic carboxylic acids is 1. The lowest BCUT2D eigenvalue weighted by Gasteiger charge is -2.11. The number of aryl methyl sites for hydroxylation is 2. The van der Waals surface area contributed by atoms with Crippen molar-refractivity contribution in [1.82, 2.24) is 19.7 Å². The molecule has 0 bridgehead atoms. The SMILES string of the molecule is COc1ccc(Nc2nccc(Nc3c(C)c(C)nn3C)n2)cc1OC.O=C(O)C(F)(F)F.